The lowest BCUT2D eigenvalue weighted by molar-refractivity contribution is 0.0879. The molecule has 1 aliphatic carbocycles. The average Bonchev–Trinajstić information content (AvgIpc) is 3.16. The first-order valence-electron chi connectivity index (χ1n) is 8.11. The lowest BCUT2D eigenvalue weighted by atomic mass is 9.83. The van der Waals surface area contributed by atoms with Gasteiger partial charge in [0.05, 0.1) is 15.6 Å². The monoisotopic (exact) mass is 315 g/mol. The maximum atomic E-state index is 12.7. The number of piperidine rings is 1. The summed E-state index contributed by atoms with van der Waals surface area (Å²) in [4.78, 5) is 17.6. The molecule has 2 aromatic rings. The Kier molecular flexibility index (Phi) is 3.42. The van der Waals surface area contributed by atoms with E-state index in [-0.39, 0.29) is 17.5 Å². The number of thiophene rings is 1. The van der Waals surface area contributed by atoms with Crippen LogP contribution in [-0.2, 0) is 0 Å². The number of amides is 1. The fourth-order valence-corrected chi connectivity index (χ4v) is 4.69. The van der Waals surface area contributed by atoms with Gasteiger partial charge in [0.15, 0.2) is 0 Å². The molecule has 1 aliphatic heterocycles. The van der Waals surface area contributed by atoms with Gasteiger partial charge in [0.25, 0.3) is 5.91 Å². The van der Waals surface area contributed by atoms with Crippen LogP contribution in [0.5, 0.6) is 0 Å². The van der Waals surface area contributed by atoms with Gasteiger partial charge >= 0.3 is 0 Å². The van der Waals surface area contributed by atoms with Gasteiger partial charge in [-0.2, -0.15) is 0 Å². The molecule has 0 radical (unpaired) electrons. The van der Waals surface area contributed by atoms with E-state index in [1.807, 2.05) is 18.3 Å². The summed E-state index contributed by atoms with van der Waals surface area (Å²) < 4.78 is 1.07. The van der Waals surface area contributed by atoms with Crippen molar-refractivity contribution in [3.63, 3.8) is 0 Å². The van der Waals surface area contributed by atoms with Crippen LogP contribution in [0.25, 0.3) is 10.1 Å². The SMILES string of the molecule is CCC1CCNC2(CC2)C1NC(=O)c1cc2ccncc2s1. The topological polar surface area (TPSA) is 54.0 Å². The number of carbonyl (C=O) groups excluding carboxylic acids is 1. The van der Waals surface area contributed by atoms with Crippen LogP contribution in [-0.4, -0.2) is 29.0 Å². The molecule has 1 saturated heterocycles. The number of carbonyl (C=O) groups is 1. The maximum absolute atomic E-state index is 12.7. The molecule has 2 N–H and O–H groups in total. The van der Waals surface area contributed by atoms with E-state index in [2.05, 4.69) is 22.5 Å². The summed E-state index contributed by atoms with van der Waals surface area (Å²) in [6, 6.07) is 4.21. The third-order valence-corrected chi connectivity index (χ3v) is 6.29. The maximum Gasteiger partial charge on any atom is 0.261 e. The third-order valence-electron chi connectivity index (χ3n) is 5.21. The molecular weight excluding hydrogens is 294 g/mol. The molecule has 2 unspecified atom stereocenters. The predicted octanol–water partition coefficient (Wildman–Crippen LogP) is 2.95. The molecule has 0 bridgehead atoms. The van der Waals surface area contributed by atoms with Gasteiger partial charge in [-0.05, 0) is 49.2 Å². The number of nitrogens with zero attached hydrogens (tertiary/aromatic N) is 1. The summed E-state index contributed by atoms with van der Waals surface area (Å²) in [5.41, 5.74) is 0.173. The smallest absolute Gasteiger partial charge is 0.261 e. The van der Waals surface area contributed by atoms with Crippen LogP contribution in [0.3, 0.4) is 0 Å². The van der Waals surface area contributed by atoms with E-state index >= 15 is 0 Å². The Bertz CT molecular complexity index is 674. The third kappa shape index (κ3) is 2.32. The van der Waals surface area contributed by atoms with Crippen LogP contribution in [0.2, 0.25) is 0 Å². The zero-order valence-corrected chi connectivity index (χ0v) is 13.6. The van der Waals surface area contributed by atoms with E-state index in [0.29, 0.717) is 5.92 Å². The van der Waals surface area contributed by atoms with Gasteiger partial charge in [-0.25, -0.2) is 0 Å². The van der Waals surface area contributed by atoms with Crippen molar-refractivity contribution in [3.05, 3.63) is 29.4 Å². The Balaban J connectivity index is 1.57. The largest absolute Gasteiger partial charge is 0.346 e. The summed E-state index contributed by atoms with van der Waals surface area (Å²) in [7, 11) is 0. The standard InChI is InChI=1S/C17H21N3OS/c1-2-11-4-8-19-17(5-6-17)15(11)20-16(21)13-9-12-3-7-18-10-14(12)22-13/h3,7,9-11,15,19H,2,4-6,8H2,1H3,(H,20,21). The summed E-state index contributed by atoms with van der Waals surface area (Å²) >= 11 is 1.53. The minimum atomic E-state index is 0.0691. The first kappa shape index (κ1) is 14.2. The second kappa shape index (κ2) is 5.32. The molecule has 22 heavy (non-hydrogen) atoms. The molecule has 116 valence electrons. The first-order valence-corrected chi connectivity index (χ1v) is 8.93. The van der Waals surface area contributed by atoms with Crippen LogP contribution in [0.1, 0.15) is 42.3 Å². The fraction of sp³-hybridized carbons (Fsp3) is 0.529. The molecule has 5 heteroatoms. The number of aromatic nitrogens is 1. The van der Waals surface area contributed by atoms with Crippen molar-refractivity contribution in [2.75, 3.05) is 6.54 Å². The van der Waals surface area contributed by atoms with Gasteiger partial charge in [0.2, 0.25) is 0 Å². The van der Waals surface area contributed by atoms with Gasteiger partial charge in [0.1, 0.15) is 0 Å². The number of hydrogen-bond donors (Lipinski definition) is 2. The first-order chi connectivity index (χ1) is 10.7. The minimum Gasteiger partial charge on any atom is -0.346 e. The van der Waals surface area contributed by atoms with Crippen molar-refractivity contribution < 1.29 is 4.79 Å². The van der Waals surface area contributed by atoms with Crippen LogP contribution in [0.15, 0.2) is 24.5 Å². The Morgan fingerprint density at radius 1 is 1.55 bits per heavy atom. The van der Waals surface area contributed by atoms with E-state index in [0.717, 1.165) is 34.3 Å². The molecular formula is C17H21N3OS. The molecule has 1 saturated carbocycles. The van der Waals surface area contributed by atoms with Crippen molar-refractivity contribution in [1.82, 2.24) is 15.6 Å². The normalized spacial score (nSPS) is 26.2. The zero-order valence-electron chi connectivity index (χ0n) is 12.8. The number of hydrogen-bond acceptors (Lipinski definition) is 4. The molecule has 3 heterocycles. The van der Waals surface area contributed by atoms with Gasteiger partial charge < -0.3 is 10.6 Å². The predicted molar refractivity (Wildman–Crippen MR) is 89.2 cm³/mol. The molecule has 1 amide bonds. The molecule has 4 nitrogen and oxygen atoms in total. The highest BCUT2D eigenvalue weighted by molar-refractivity contribution is 7.20. The lowest BCUT2D eigenvalue weighted by Crippen LogP contribution is -2.59. The average molecular weight is 315 g/mol. The van der Waals surface area contributed by atoms with E-state index in [1.54, 1.807) is 6.20 Å². The van der Waals surface area contributed by atoms with Crippen LogP contribution in [0, 0.1) is 5.92 Å². The highest BCUT2D eigenvalue weighted by atomic mass is 32.1. The molecule has 0 aromatic carbocycles. The van der Waals surface area contributed by atoms with Crippen LogP contribution in [0.4, 0.5) is 0 Å². The molecule has 2 fully saturated rings. The molecule has 2 aliphatic rings. The van der Waals surface area contributed by atoms with Crippen molar-refractivity contribution in [2.24, 2.45) is 5.92 Å². The Morgan fingerprint density at radius 2 is 2.41 bits per heavy atom. The summed E-state index contributed by atoms with van der Waals surface area (Å²) in [5, 5.41) is 8.08. The Hall–Kier alpha value is -1.46. The summed E-state index contributed by atoms with van der Waals surface area (Å²) in [6.45, 7) is 3.32. The second-order valence-corrected chi connectivity index (χ2v) is 7.60. The quantitative estimate of drug-likeness (QED) is 0.915. The van der Waals surface area contributed by atoms with Gasteiger partial charge in [-0.15, -0.1) is 11.3 Å². The number of rotatable bonds is 3. The van der Waals surface area contributed by atoms with E-state index in [4.69, 9.17) is 0 Å². The lowest BCUT2D eigenvalue weighted by Gasteiger charge is -2.39. The Morgan fingerprint density at radius 3 is 3.14 bits per heavy atom. The number of pyridine rings is 1. The van der Waals surface area contributed by atoms with Crippen molar-refractivity contribution >= 4 is 27.3 Å². The second-order valence-electron chi connectivity index (χ2n) is 6.52. The highest BCUT2D eigenvalue weighted by Gasteiger charge is 2.53. The molecule has 2 aromatic heterocycles. The zero-order chi connectivity index (χ0) is 15.2. The molecule has 1 spiro atoms. The van der Waals surface area contributed by atoms with Gasteiger partial charge in [-0.1, -0.05) is 13.3 Å². The Labute approximate surface area is 134 Å². The van der Waals surface area contributed by atoms with Crippen molar-refractivity contribution in [2.45, 2.75) is 44.2 Å². The van der Waals surface area contributed by atoms with E-state index in [9.17, 15) is 4.79 Å². The van der Waals surface area contributed by atoms with Crippen molar-refractivity contribution in [1.29, 1.82) is 0 Å². The van der Waals surface area contributed by atoms with Crippen molar-refractivity contribution in [3.8, 4) is 0 Å². The van der Waals surface area contributed by atoms with Gasteiger partial charge in [0, 0.05) is 17.9 Å². The summed E-state index contributed by atoms with van der Waals surface area (Å²) in [5.74, 6) is 0.656. The fourth-order valence-electron chi connectivity index (χ4n) is 3.76. The summed E-state index contributed by atoms with van der Waals surface area (Å²) in [6.07, 6.45) is 8.25. The van der Waals surface area contributed by atoms with E-state index in [1.165, 1.54) is 24.2 Å². The van der Waals surface area contributed by atoms with Crippen LogP contribution < -0.4 is 10.6 Å². The van der Waals surface area contributed by atoms with Crippen LogP contribution >= 0.6 is 11.3 Å². The number of nitrogens with one attached hydrogen (secondary N) is 2. The number of fused-ring (bicyclic) bond motifs is 1. The minimum absolute atomic E-state index is 0.0691. The molecule has 2 atom stereocenters. The highest BCUT2D eigenvalue weighted by Crippen LogP contribution is 2.45. The van der Waals surface area contributed by atoms with Gasteiger partial charge in [-0.3, -0.25) is 9.78 Å². The van der Waals surface area contributed by atoms with E-state index < -0.39 is 0 Å². The molecule has 4 rings (SSSR count).